The van der Waals surface area contributed by atoms with Crippen molar-refractivity contribution in [1.29, 1.82) is 0 Å². The number of nitrogens with one attached hydrogen (secondary N) is 1. The van der Waals surface area contributed by atoms with E-state index in [0.717, 1.165) is 28.1 Å². The first-order valence-corrected chi connectivity index (χ1v) is 9.09. The summed E-state index contributed by atoms with van der Waals surface area (Å²) in [6.45, 7) is 3.01. The lowest BCUT2D eigenvalue weighted by Gasteiger charge is -2.11. The Hall–Kier alpha value is -3.21. The summed E-state index contributed by atoms with van der Waals surface area (Å²) < 4.78 is 5.62. The third-order valence-electron chi connectivity index (χ3n) is 4.21. The number of aromatic nitrogens is 2. The molecule has 0 fully saturated rings. The molecule has 5 nitrogen and oxygen atoms in total. The Labute approximate surface area is 159 Å². The van der Waals surface area contributed by atoms with Gasteiger partial charge >= 0.3 is 0 Å². The molecular formula is C22H23N3O2. The summed E-state index contributed by atoms with van der Waals surface area (Å²) in [5.74, 6) is 0.853. The SMILES string of the molecule is CCOc1ccccc1CCC(=O)NCc1cccnc1-c1ccncc1. The van der Waals surface area contributed by atoms with Crippen LogP contribution >= 0.6 is 0 Å². The van der Waals surface area contributed by atoms with Gasteiger partial charge in [0.1, 0.15) is 5.75 Å². The van der Waals surface area contributed by atoms with Gasteiger partial charge in [0.15, 0.2) is 0 Å². The molecule has 2 heterocycles. The fraction of sp³-hybridized carbons (Fsp3) is 0.227. The van der Waals surface area contributed by atoms with E-state index in [4.69, 9.17) is 4.74 Å². The molecule has 0 saturated heterocycles. The van der Waals surface area contributed by atoms with Gasteiger partial charge < -0.3 is 10.1 Å². The predicted octanol–water partition coefficient (Wildman–Crippen LogP) is 3.79. The van der Waals surface area contributed by atoms with Gasteiger partial charge in [-0.25, -0.2) is 0 Å². The molecule has 138 valence electrons. The highest BCUT2D eigenvalue weighted by molar-refractivity contribution is 5.76. The van der Waals surface area contributed by atoms with Gasteiger partial charge in [-0.1, -0.05) is 24.3 Å². The third-order valence-corrected chi connectivity index (χ3v) is 4.21. The van der Waals surface area contributed by atoms with E-state index in [2.05, 4.69) is 15.3 Å². The van der Waals surface area contributed by atoms with E-state index in [1.54, 1.807) is 18.6 Å². The van der Waals surface area contributed by atoms with E-state index < -0.39 is 0 Å². The van der Waals surface area contributed by atoms with Gasteiger partial charge in [-0.3, -0.25) is 14.8 Å². The first-order chi connectivity index (χ1) is 13.3. The van der Waals surface area contributed by atoms with E-state index in [0.29, 0.717) is 26.0 Å². The van der Waals surface area contributed by atoms with Crippen LogP contribution in [-0.2, 0) is 17.8 Å². The second kappa shape index (κ2) is 9.48. The molecule has 0 saturated carbocycles. The van der Waals surface area contributed by atoms with Gasteiger partial charge in [-0.05, 0) is 48.7 Å². The van der Waals surface area contributed by atoms with E-state index >= 15 is 0 Å². The summed E-state index contributed by atoms with van der Waals surface area (Å²) in [5, 5.41) is 3.00. The summed E-state index contributed by atoms with van der Waals surface area (Å²) in [7, 11) is 0. The van der Waals surface area contributed by atoms with Crippen LogP contribution in [0.2, 0.25) is 0 Å². The Bertz CT molecular complexity index is 881. The molecule has 1 aromatic carbocycles. The number of hydrogen-bond donors (Lipinski definition) is 1. The Morgan fingerprint density at radius 2 is 1.78 bits per heavy atom. The molecule has 0 atom stereocenters. The lowest BCUT2D eigenvalue weighted by atomic mass is 10.1. The van der Waals surface area contributed by atoms with Crippen LogP contribution in [0.15, 0.2) is 67.1 Å². The standard InChI is InChI=1S/C22H23N3O2/c1-2-27-20-8-4-3-6-17(20)9-10-21(26)25-16-19-7-5-13-24-22(19)18-11-14-23-15-12-18/h3-8,11-15H,2,9-10,16H2,1H3,(H,25,26). The highest BCUT2D eigenvalue weighted by atomic mass is 16.5. The third kappa shape index (κ3) is 5.14. The van der Waals surface area contributed by atoms with Crippen molar-refractivity contribution < 1.29 is 9.53 Å². The number of carbonyl (C=O) groups is 1. The van der Waals surface area contributed by atoms with Crippen LogP contribution in [0.3, 0.4) is 0 Å². The monoisotopic (exact) mass is 361 g/mol. The van der Waals surface area contributed by atoms with Crippen LogP contribution in [-0.4, -0.2) is 22.5 Å². The van der Waals surface area contributed by atoms with Gasteiger partial charge in [0.05, 0.1) is 12.3 Å². The van der Waals surface area contributed by atoms with Crippen molar-refractivity contribution in [2.75, 3.05) is 6.61 Å². The summed E-state index contributed by atoms with van der Waals surface area (Å²) in [4.78, 5) is 20.8. The lowest BCUT2D eigenvalue weighted by molar-refractivity contribution is -0.121. The number of aryl methyl sites for hydroxylation is 1. The zero-order chi connectivity index (χ0) is 18.9. The largest absolute Gasteiger partial charge is 0.494 e. The molecule has 0 bridgehead atoms. The number of para-hydroxylation sites is 1. The summed E-state index contributed by atoms with van der Waals surface area (Å²) in [6, 6.07) is 15.5. The van der Waals surface area contributed by atoms with Crippen LogP contribution in [0.1, 0.15) is 24.5 Å². The van der Waals surface area contributed by atoms with Crippen LogP contribution in [0.25, 0.3) is 11.3 Å². The van der Waals surface area contributed by atoms with Crippen LogP contribution in [0, 0.1) is 0 Å². The number of rotatable bonds is 8. The van der Waals surface area contributed by atoms with Gasteiger partial charge in [0, 0.05) is 37.1 Å². The second-order valence-corrected chi connectivity index (χ2v) is 6.06. The maximum Gasteiger partial charge on any atom is 0.220 e. The molecule has 1 N–H and O–H groups in total. The van der Waals surface area contributed by atoms with Crippen molar-refractivity contribution in [3.05, 3.63) is 78.2 Å². The smallest absolute Gasteiger partial charge is 0.220 e. The van der Waals surface area contributed by atoms with Gasteiger partial charge in [-0.2, -0.15) is 0 Å². The number of amides is 1. The van der Waals surface area contributed by atoms with Crippen molar-refractivity contribution in [1.82, 2.24) is 15.3 Å². The Morgan fingerprint density at radius 1 is 1.00 bits per heavy atom. The normalized spacial score (nSPS) is 10.4. The van der Waals surface area contributed by atoms with Gasteiger partial charge in [-0.15, -0.1) is 0 Å². The molecule has 27 heavy (non-hydrogen) atoms. The quantitative estimate of drug-likeness (QED) is 0.663. The summed E-state index contributed by atoms with van der Waals surface area (Å²) in [6.07, 6.45) is 6.29. The van der Waals surface area contributed by atoms with E-state index in [9.17, 15) is 4.79 Å². The molecular weight excluding hydrogens is 338 g/mol. The minimum absolute atomic E-state index is 0.00540. The Kier molecular flexibility index (Phi) is 6.52. The number of ether oxygens (including phenoxy) is 1. The number of hydrogen-bond acceptors (Lipinski definition) is 4. The van der Waals surface area contributed by atoms with E-state index in [1.807, 2.05) is 55.5 Å². The van der Waals surface area contributed by atoms with Crippen molar-refractivity contribution in [3.63, 3.8) is 0 Å². The van der Waals surface area contributed by atoms with Crippen molar-refractivity contribution in [3.8, 4) is 17.0 Å². The molecule has 0 unspecified atom stereocenters. The van der Waals surface area contributed by atoms with Gasteiger partial charge in [0.25, 0.3) is 0 Å². The lowest BCUT2D eigenvalue weighted by Crippen LogP contribution is -2.23. The minimum Gasteiger partial charge on any atom is -0.494 e. The maximum absolute atomic E-state index is 12.3. The molecule has 2 aromatic heterocycles. The minimum atomic E-state index is 0.00540. The molecule has 0 spiro atoms. The average Bonchev–Trinajstić information content (AvgIpc) is 2.73. The molecule has 0 aliphatic carbocycles. The fourth-order valence-corrected chi connectivity index (χ4v) is 2.89. The first-order valence-electron chi connectivity index (χ1n) is 9.09. The Balaban J connectivity index is 1.59. The number of nitrogens with zero attached hydrogens (tertiary/aromatic N) is 2. The summed E-state index contributed by atoms with van der Waals surface area (Å²) >= 11 is 0. The predicted molar refractivity (Wildman–Crippen MR) is 105 cm³/mol. The maximum atomic E-state index is 12.3. The zero-order valence-electron chi connectivity index (χ0n) is 15.4. The van der Waals surface area contributed by atoms with Crippen molar-refractivity contribution in [2.24, 2.45) is 0 Å². The fourth-order valence-electron chi connectivity index (χ4n) is 2.89. The summed E-state index contributed by atoms with van der Waals surface area (Å²) in [5.41, 5.74) is 3.88. The van der Waals surface area contributed by atoms with Crippen LogP contribution < -0.4 is 10.1 Å². The molecule has 3 aromatic rings. The number of pyridine rings is 2. The van der Waals surface area contributed by atoms with Crippen LogP contribution in [0.4, 0.5) is 0 Å². The van der Waals surface area contributed by atoms with Crippen molar-refractivity contribution >= 4 is 5.91 Å². The molecule has 0 aliphatic rings. The molecule has 0 radical (unpaired) electrons. The molecule has 3 rings (SSSR count). The van der Waals surface area contributed by atoms with Gasteiger partial charge in [0.2, 0.25) is 5.91 Å². The van der Waals surface area contributed by atoms with E-state index in [-0.39, 0.29) is 5.91 Å². The average molecular weight is 361 g/mol. The highest BCUT2D eigenvalue weighted by Gasteiger charge is 2.09. The zero-order valence-corrected chi connectivity index (χ0v) is 15.4. The number of carbonyl (C=O) groups excluding carboxylic acids is 1. The molecule has 1 amide bonds. The Morgan fingerprint density at radius 3 is 2.59 bits per heavy atom. The van der Waals surface area contributed by atoms with E-state index in [1.165, 1.54) is 0 Å². The topological polar surface area (TPSA) is 64.1 Å². The molecule has 0 aliphatic heterocycles. The molecule has 5 heteroatoms. The van der Waals surface area contributed by atoms with Crippen molar-refractivity contribution in [2.45, 2.75) is 26.3 Å². The first kappa shape index (κ1) is 18.6. The highest BCUT2D eigenvalue weighted by Crippen LogP contribution is 2.21. The second-order valence-electron chi connectivity index (χ2n) is 6.06. The number of benzene rings is 1. The van der Waals surface area contributed by atoms with Crippen LogP contribution in [0.5, 0.6) is 5.75 Å².